The van der Waals surface area contributed by atoms with Crippen LogP contribution in [-0.2, 0) is 0 Å². The van der Waals surface area contributed by atoms with Gasteiger partial charge in [-0.05, 0) is 32.5 Å². The zero-order valence-electron chi connectivity index (χ0n) is 11.1. The molecule has 7 nitrogen and oxygen atoms in total. The maximum atomic E-state index is 11.5. The van der Waals surface area contributed by atoms with E-state index < -0.39 is 0 Å². The van der Waals surface area contributed by atoms with E-state index in [2.05, 4.69) is 19.8 Å². The van der Waals surface area contributed by atoms with Crippen molar-refractivity contribution in [3.8, 4) is 0 Å². The van der Waals surface area contributed by atoms with Crippen molar-refractivity contribution in [2.24, 2.45) is 5.73 Å². The lowest BCUT2D eigenvalue weighted by Gasteiger charge is -2.23. The van der Waals surface area contributed by atoms with Gasteiger partial charge in [-0.15, -0.1) is 0 Å². The summed E-state index contributed by atoms with van der Waals surface area (Å²) in [5, 5.41) is 0. The molecule has 1 aliphatic heterocycles. The van der Waals surface area contributed by atoms with Crippen molar-refractivity contribution in [2.75, 3.05) is 49.9 Å². The fourth-order valence-corrected chi connectivity index (χ4v) is 2.37. The van der Waals surface area contributed by atoms with Gasteiger partial charge in [-0.3, -0.25) is 4.79 Å². The van der Waals surface area contributed by atoms with Crippen LogP contribution in [0.2, 0.25) is 0 Å². The number of aromatic amines is 1. The molecular weight excluding hydrogens is 244 g/mol. The predicted octanol–water partition coefficient (Wildman–Crippen LogP) is -0.787. The van der Waals surface area contributed by atoms with Gasteiger partial charge >= 0.3 is 0 Å². The molecule has 0 aliphatic carbocycles. The first-order valence-corrected chi connectivity index (χ1v) is 6.73. The van der Waals surface area contributed by atoms with E-state index >= 15 is 0 Å². The summed E-state index contributed by atoms with van der Waals surface area (Å²) in [5.41, 5.74) is 11.3. The molecule has 0 saturated carbocycles. The number of nitrogen functional groups attached to an aromatic ring is 1. The number of rotatable bonds is 4. The maximum absolute atomic E-state index is 11.5. The van der Waals surface area contributed by atoms with Gasteiger partial charge in [0.15, 0.2) is 5.82 Å². The van der Waals surface area contributed by atoms with E-state index in [1.54, 1.807) is 0 Å². The van der Waals surface area contributed by atoms with E-state index in [-0.39, 0.29) is 11.2 Å². The van der Waals surface area contributed by atoms with Gasteiger partial charge in [-0.1, -0.05) is 0 Å². The molecule has 0 radical (unpaired) electrons. The monoisotopic (exact) mass is 266 g/mol. The third kappa shape index (κ3) is 3.45. The average molecular weight is 266 g/mol. The number of nitrogens with one attached hydrogen (secondary N) is 1. The van der Waals surface area contributed by atoms with Gasteiger partial charge in [0.1, 0.15) is 5.69 Å². The van der Waals surface area contributed by atoms with Crippen LogP contribution < -0.4 is 21.9 Å². The van der Waals surface area contributed by atoms with E-state index in [9.17, 15) is 4.79 Å². The second-order valence-electron chi connectivity index (χ2n) is 4.79. The molecule has 0 bridgehead atoms. The highest BCUT2D eigenvalue weighted by Crippen LogP contribution is 2.17. The van der Waals surface area contributed by atoms with Crippen LogP contribution in [0, 0.1) is 0 Å². The van der Waals surface area contributed by atoms with Gasteiger partial charge in [0, 0.05) is 19.6 Å². The van der Waals surface area contributed by atoms with Crippen molar-refractivity contribution in [1.29, 1.82) is 0 Å². The van der Waals surface area contributed by atoms with E-state index in [0.29, 0.717) is 5.82 Å². The molecule has 1 fully saturated rings. The Morgan fingerprint density at radius 3 is 2.95 bits per heavy atom. The summed E-state index contributed by atoms with van der Waals surface area (Å²) >= 11 is 0. The zero-order chi connectivity index (χ0) is 13.7. The Kier molecular flexibility index (Phi) is 4.75. The first-order chi connectivity index (χ1) is 9.22. The average Bonchev–Trinajstić information content (AvgIpc) is 2.65. The molecule has 1 saturated heterocycles. The molecule has 2 rings (SSSR count). The molecular formula is C12H22N6O. The Morgan fingerprint density at radius 2 is 2.16 bits per heavy atom. The molecule has 0 atom stereocenters. The SMILES string of the molecule is NCCCN1CCCN(c2nc[nH]c(=O)c2N)CC1. The Bertz CT molecular complexity index is 460. The molecule has 1 aromatic heterocycles. The highest BCUT2D eigenvalue weighted by Gasteiger charge is 2.18. The lowest BCUT2D eigenvalue weighted by molar-refractivity contribution is 0.291. The molecule has 1 aliphatic rings. The van der Waals surface area contributed by atoms with Crippen molar-refractivity contribution in [2.45, 2.75) is 12.8 Å². The topological polar surface area (TPSA) is 104 Å². The number of hydrogen-bond acceptors (Lipinski definition) is 6. The van der Waals surface area contributed by atoms with E-state index in [0.717, 1.165) is 52.1 Å². The van der Waals surface area contributed by atoms with Gasteiger partial charge in [0.2, 0.25) is 0 Å². The molecule has 1 aromatic rings. The number of anilines is 2. The van der Waals surface area contributed by atoms with Crippen LogP contribution in [0.4, 0.5) is 11.5 Å². The Balaban J connectivity index is 2.02. The first kappa shape index (κ1) is 13.8. The molecule has 0 amide bonds. The third-order valence-corrected chi connectivity index (χ3v) is 3.43. The number of aromatic nitrogens is 2. The Morgan fingerprint density at radius 1 is 1.32 bits per heavy atom. The molecule has 0 spiro atoms. The Hall–Kier alpha value is -1.60. The molecule has 0 unspecified atom stereocenters. The second kappa shape index (κ2) is 6.53. The summed E-state index contributed by atoms with van der Waals surface area (Å²) in [6.07, 6.45) is 3.47. The summed E-state index contributed by atoms with van der Waals surface area (Å²) in [7, 11) is 0. The van der Waals surface area contributed by atoms with Crippen LogP contribution in [0.5, 0.6) is 0 Å². The zero-order valence-corrected chi connectivity index (χ0v) is 11.1. The minimum Gasteiger partial charge on any atom is -0.391 e. The molecule has 7 heteroatoms. The maximum Gasteiger partial charge on any atom is 0.276 e. The van der Waals surface area contributed by atoms with Crippen LogP contribution in [0.25, 0.3) is 0 Å². The van der Waals surface area contributed by atoms with Crippen LogP contribution in [-0.4, -0.2) is 54.1 Å². The van der Waals surface area contributed by atoms with Gasteiger partial charge in [0.25, 0.3) is 5.56 Å². The molecule has 2 heterocycles. The van der Waals surface area contributed by atoms with Gasteiger partial charge in [0.05, 0.1) is 6.33 Å². The fourth-order valence-electron chi connectivity index (χ4n) is 2.37. The summed E-state index contributed by atoms with van der Waals surface area (Å²) in [6.45, 7) is 5.48. The number of H-pyrrole nitrogens is 1. The minimum absolute atomic E-state index is 0.206. The Labute approximate surface area is 112 Å². The quantitative estimate of drug-likeness (QED) is 0.660. The minimum atomic E-state index is -0.269. The van der Waals surface area contributed by atoms with Crippen molar-refractivity contribution < 1.29 is 0 Å². The second-order valence-corrected chi connectivity index (χ2v) is 4.79. The number of hydrogen-bond donors (Lipinski definition) is 3. The van der Waals surface area contributed by atoms with Crippen molar-refractivity contribution in [3.05, 3.63) is 16.7 Å². The molecule has 106 valence electrons. The van der Waals surface area contributed by atoms with Gasteiger partial charge < -0.3 is 26.3 Å². The van der Waals surface area contributed by atoms with Crippen LogP contribution in [0.15, 0.2) is 11.1 Å². The predicted molar refractivity (Wildman–Crippen MR) is 76.2 cm³/mol. The molecule has 19 heavy (non-hydrogen) atoms. The lowest BCUT2D eigenvalue weighted by Crippen LogP contribution is -2.33. The van der Waals surface area contributed by atoms with Gasteiger partial charge in [-0.25, -0.2) is 4.98 Å². The van der Waals surface area contributed by atoms with E-state index in [1.807, 2.05) is 0 Å². The third-order valence-electron chi connectivity index (χ3n) is 3.43. The summed E-state index contributed by atoms with van der Waals surface area (Å²) in [5.74, 6) is 0.601. The standard InChI is InChI=1S/C12H22N6O/c13-3-1-4-17-5-2-6-18(8-7-17)11-10(14)12(19)16-9-15-11/h9H,1-8,13-14H2,(H,15,16,19). The van der Waals surface area contributed by atoms with Crippen molar-refractivity contribution >= 4 is 11.5 Å². The summed E-state index contributed by atoms with van der Waals surface area (Å²) < 4.78 is 0. The van der Waals surface area contributed by atoms with Crippen molar-refractivity contribution in [3.63, 3.8) is 0 Å². The van der Waals surface area contributed by atoms with Gasteiger partial charge in [-0.2, -0.15) is 0 Å². The molecule has 0 aromatic carbocycles. The highest BCUT2D eigenvalue weighted by atomic mass is 16.1. The highest BCUT2D eigenvalue weighted by molar-refractivity contribution is 5.60. The van der Waals surface area contributed by atoms with Crippen molar-refractivity contribution in [1.82, 2.24) is 14.9 Å². The number of nitrogens with zero attached hydrogens (tertiary/aromatic N) is 3. The van der Waals surface area contributed by atoms with E-state index in [1.165, 1.54) is 6.33 Å². The molecule has 5 N–H and O–H groups in total. The largest absolute Gasteiger partial charge is 0.391 e. The summed E-state index contributed by atoms with van der Waals surface area (Å²) in [6, 6.07) is 0. The fraction of sp³-hybridized carbons (Fsp3) is 0.667. The summed E-state index contributed by atoms with van der Waals surface area (Å²) in [4.78, 5) is 22.7. The normalized spacial score (nSPS) is 17.4. The van der Waals surface area contributed by atoms with E-state index in [4.69, 9.17) is 11.5 Å². The van der Waals surface area contributed by atoms with Crippen LogP contribution in [0.3, 0.4) is 0 Å². The van der Waals surface area contributed by atoms with Crippen LogP contribution in [0.1, 0.15) is 12.8 Å². The lowest BCUT2D eigenvalue weighted by atomic mass is 10.3. The van der Waals surface area contributed by atoms with Crippen LogP contribution >= 0.6 is 0 Å². The first-order valence-electron chi connectivity index (χ1n) is 6.73. The number of nitrogens with two attached hydrogens (primary N) is 2. The smallest absolute Gasteiger partial charge is 0.276 e.